The fourth-order valence-electron chi connectivity index (χ4n) is 3.68. The van der Waals surface area contributed by atoms with E-state index in [1.54, 1.807) is 20.8 Å². The molecule has 0 radical (unpaired) electrons. The van der Waals surface area contributed by atoms with Gasteiger partial charge in [-0.05, 0) is 56.2 Å². The molecule has 1 aliphatic heterocycles. The van der Waals surface area contributed by atoms with Crippen molar-refractivity contribution in [2.24, 2.45) is 5.92 Å². The predicted molar refractivity (Wildman–Crippen MR) is 126 cm³/mol. The lowest BCUT2D eigenvalue weighted by molar-refractivity contribution is -0.178. The molecule has 2 aromatic rings. The minimum Gasteiger partial charge on any atom is -0.460 e. The summed E-state index contributed by atoms with van der Waals surface area (Å²) in [7, 11) is 0. The zero-order valence-electron chi connectivity index (χ0n) is 20.1. The number of carbonyl (C=O) groups excluding carboxylic acids is 2. The Bertz CT molecular complexity index is 1130. The van der Waals surface area contributed by atoms with Crippen LogP contribution >= 0.6 is 11.6 Å². The van der Waals surface area contributed by atoms with Gasteiger partial charge in [0.05, 0.1) is 35.1 Å². The minimum absolute atomic E-state index is 0.0116. The second-order valence-corrected chi connectivity index (χ2v) is 9.86. The summed E-state index contributed by atoms with van der Waals surface area (Å²) < 4.78 is 56.8. The molecule has 3 rings (SSSR count). The second kappa shape index (κ2) is 10.6. The molecule has 0 saturated carbocycles. The molecule has 1 aliphatic rings. The van der Waals surface area contributed by atoms with Crippen LogP contribution in [0.2, 0.25) is 5.02 Å². The fraction of sp³-hybridized carbons (Fsp3) is 0.440. The first-order valence-corrected chi connectivity index (χ1v) is 11.5. The van der Waals surface area contributed by atoms with E-state index in [-0.39, 0.29) is 40.8 Å². The van der Waals surface area contributed by atoms with Crippen LogP contribution in [0, 0.1) is 5.92 Å². The molecular weight excluding hydrogens is 503 g/mol. The van der Waals surface area contributed by atoms with Gasteiger partial charge < -0.3 is 24.6 Å². The van der Waals surface area contributed by atoms with Gasteiger partial charge in [0.25, 0.3) is 0 Å². The van der Waals surface area contributed by atoms with E-state index in [1.165, 1.54) is 36.4 Å². The van der Waals surface area contributed by atoms with Gasteiger partial charge in [0, 0.05) is 0 Å². The molecule has 0 aromatic heterocycles. The van der Waals surface area contributed by atoms with E-state index in [0.29, 0.717) is 5.75 Å². The number of carbonyl (C=O) groups is 2. The van der Waals surface area contributed by atoms with Crippen LogP contribution in [0.25, 0.3) is 0 Å². The van der Waals surface area contributed by atoms with E-state index in [2.05, 4.69) is 5.32 Å². The lowest BCUT2D eigenvalue weighted by atomic mass is 9.85. The molecule has 1 amide bonds. The van der Waals surface area contributed by atoms with Gasteiger partial charge in [-0.2, -0.15) is 13.2 Å². The number of anilines is 1. The number of amides is 1. The predicted octanol–water partition coefficient (Wildman–Crippen LogP) is 5.75. The number of esters is 1. The standard InChI is InChI=1S/C25H27ClF3NO6/c1-13(25(27,28)29)22(15-6-8-19-20(10-15)35-12-34-19)23(33)30-17-9-14(5-7-16(17)26)18(31)11-21(32)36-24(2,3)4/h5-10,13,18,22,31H,11-12H2,1-4H3,(H,30,33)/t13-,18-,22+/m1/s1. The fourth-order valence-corrected chi connectivity index (χ4v) is 3.84. The molecule has 0 spiro atoms. The van der Waals surface area contributed by atoms with Crippen LogP contribution in [0.5, 0.6) is 11.5 Å². The van der Waals surface area contributed by atoms with Crippen molar-refractivity contribution in [2.45, 2.75) is 57.9 Å². The van der Waals surface area contributed by atoms with E-state index >= 15 is 0 Å². The molecule has 36 heavy (non-hydrogen) atoms. The smallest absolute Gasteiger partial charge is 0.392 e. The van der Waals surface area contributed by atoms with E-state index in [0.717, 1.165) is 6.92 Å². The zero-order valence-corrected chi connectivity index (χ0v) is 20.9. The maximum Gasteiger partial charge on any atom is 0.392 e. The monoisotopic (exact) mass is 529 g/mol. The molecule has 2 N–H and O–H groups in total. The van der Waals surface area contributed by atoms with Gasteiger partial charge in [0.15, 0.2) is 11.5 Å². The normalized spacial score (nSPS) is 15.7. The first-order valence-electron chi connectivity index (χ1n) is 11.1. The lowest BCUT2D eigenvalue weighted by Gasteiger charge is -2.26. The number of rotatable bonds is 7. The Labute approximate surface area is 211 Å². The number of hydrogen-bond donors (Lipinski definition) is 2. The number of aliphatic hydroxyl groups is 1. The van der Waals surface area contributed by atoms with Gasteiger partial charge >= 0.3 is 12.1 Å². The van der Waals surface area contributed by atoms with Crippen LogP contribution < -0.4 is 14.8 Å². The molecule has 196 valence electrons. The summed E-state index contributed by atoms with van der Waals surface area (Å²) in [5, 5.41) is 13.0. The highest BCUT2D eigenvalue weighted by Gasteiger charge is 2.45. The number of fused-ring (bicyclic) bond motifs is 1. The number of ether oxygens (including phenoxy) is 3. The van der Waals surface area contributed by atoms with Crippen molar-refractivity contribution in [2.75, 3.05) is 12.1 Å². The summed E-state index contributed by atoms with van der Waals surface area (Å²) in [5.74, 6) is -4.67. The van der Waals surface area contributed by atoms with Gasteiger partial charge in [-0.25, -0.2) is 0 Å². The maximum absolute atomic E-state index is 13.7. The Morgan fingerprint density at radius 3 is 2.36 bits per heavy atom. The summed E-state index contributed by atoms with van der Waals surface area (Å²) in [6, 6.07) is 8.29. The van der Waals surface area contributed by atoms with Crippen molar-refractivity contribution in [1.82, 2.24) is 0 Å². The molecule has 0 aliphatic carbocycles. The third kappa shape index (κ3) is 6.82. The highest BCUT2D eigenvalue weighted by molar-refractivity contribution is 6.33. The number of aliphatic hydroxyl groups excluding tert-OH is 1. The van der Waals surface area contributed by atoms with Gasteiger partial charge in [-0.3, -0.25) is 9.59 Å². The van der Waals surface area contributed by atoms with E-state index in [4.69, 9.17) is 25.8 Å². The molecular formula is C25H27ClF3NO6. The van der Waals surface area contributed by atoms with Crippen molar-refractivity contribution in [3.8, 4) is 11.5 Å². The van der Waals surface area contributed by atoms with Crippen LogP contribution in [0.1, 0.15) is 57.3 Å². The second-order valence-electron chi connectivity index (χ2n) is 9.46. The van der Waals surface area contributed by atoms with Crippen LogP contribution in [0.3, 0.4) is 0 Å². The maximum atomic E-state index is 13.7. The first-order chi connectivity index (χ1) is 16.7. The van der Waals surface area contributed by atoms with Gasteiger partial charge in [-0.1, -0.05) is 30.7 Å². The van der Waals surface area contributed by atoms with Crippen molar-refractivity contribution in [3.05, 3.63) is 52.5 Å². The minimum atomic E-state index is -4.67. The van der Waals surface area contributed by atoms with Gasteiger partial charge in [-0.15, -0.1) is 0 Å². The average molecular weight is 530 g/mol. The Morgan fingerprint density at radius 2 is 1.72 bits per heavy atom. The number of benzene rings is 2. The summed E-state index contributed by atoms with van der Waals surface area (Å²) in [6.45, 7) is 5.90. The SMILES string of the molecule is C[C@H]([C@H](C(=O)Nc1cc([C@H](O)CC(=O)OC(C)(C)C)ccc1Cl)c1ccc2c(c1)OCO2)C(F)(F)F. The molecule has 0 fully saturated rings. The molecule has 11 heteroatoms. The molecule has 2 aromatic carbocycles. The molecule has 3 atom stereocenters. The largest absolute Gasteiger partial charge is 0.460 e. The van der Waals surface area contributed by atoms with Crippen molar-refractivity contribution in [3.63, 3.8) is 0 Å². The van der Waals surface area contributed by atoms with E-state index in [9.17, 15) is 27.9 Å². The van der Waals surface area contributed by atoms with Crippen molar-refractivity contribution >= 4 is 29.2 Å². The number of alkyl halides is 3. The van der Waals surface area contributed by atoms with Gasteiger partial charge in [0.2, 0.25) is 12.7 Å². The van der Waals surface area contributed by atoms with E-state index < -0.39 is 41.6 Å². The summed E-state index contributed by atoms with van der Waals surface area (Å²) in [6.07, 6.45) is -6.32. The highest BCUT2D eigenvalue weighted by atomic mass is 35.5. The number of nitrogens with one attached hydrogen (secondary N) is 1. The Hall–Kier alpha value is -2.98. The molecule has 0 saturated heterocycles. The van der Waals surface area contributed by atoms with Crippen LogP contribution in [-0.2, 0) is 14.3 Å². The average Bonchev–Trinajstić information content (AvgIpc) is 3.21. The quantitative estimate of drug-likeness (QED) is 0.443. The Morgan fingerprint density at radius 1 is 1.08 bits per heavy atom. The van der Waals surface area contributed by atoms with Crippen LogP contribution in [-0.4, -0.2) is 35.6 Å². The zero-order chi connectivity index (χ0) is 26.8. The first kappa shape index (κ1) is 27.6. The topological polar surface area (TPSA) is 94.1 Å². The van der Waals surface area contributed by atoms with Crippen LogP contribution in [0.4, 0.5) is 18.9 Å². The molecule has 0 bridgehead atoms. The summed E-state index contributed by atoms with van der Waals surface area (Å²) >= 11 is 6.19. The third-order valence-electron chi connectivity index (χ3n) is 5.47. The highest BCUT2D eigenvalue weighted by Crippen LogP contribution is 2.42. The summed E-state index contributed by atoms with van der Waals surface area (Å²) in [4.78, 5) is 25.3. The Balaban J connectivity index is 1.86. The lowest BCUT2D eigenvalue weighted by Crippen LogP contribution is -2.34. The van der Waals surface area contributed by atoms with Gasteiger partial charge in [0.1, 0.15) is 5.60 Å². The van der Waals surface area contributed by atoms with E-state index in [1.807, 2.05) is 0 Å². The Kier molecular flexibility index (Phi) is 8.10. The molecule has 7 nitrogen and oxygen atoms in total. The number of halogens is 4. The van der Waals surface area contributed by atoms with Crippen LogP contribution in [0.15, 0.2) is 36.4 Å². The van der Waals surface area contributed by atoms with Crippen molar-refractivity contribution < 1.29 is 42.1 Å². The van der Waals surface area contributed by atoms with Crippen molar-refractivity contribution in [1.29, 1.82) is 0 Å². The number of hydrogen-bond acceptors (Lipinski definition) is 6. The molecule has 0 unspecified atom stereocenters. The molecule has 1 heterocycles. The summed E-state index contributed by atoms with van der Waals surface area (Å²) in [5.41, 5.74) is -0.445. The third-order valence-corrected chi connectivity index (χ3v) is 5.80.